The SMILES string of the molecule is CSC1(CN2CCC(NC3CC3)C2)CCCC1. The molecule has 1 heterocycles. The van der Waals surface area contributed by atoms with E-state index in [1.165, 1.54) is 64.6 Å². The van der Waals surface area contributed by atoms with Gasteiger partial charge in [-0.2, -0.15) is 11.8 Å². The molecule has 0 radical (unpaired) electrons. The number of rotatable bonds is 5. The molecule has 3 rings (SSSR count). The first-order valence-corrected chi connectivity index (χ1v) is 8.56. The van der Waals surface area contributed by atoms with Crippen LogP contribution in [0.3, 0.4) is 0 Å². The number of likely N-dealkylation sites (tertiary alicyclic amines) is 1. The van der Waals surface area contributed by atoms with E-state index in [-0.39, 0.29) is 0 Å². The first kappa shape index (κ1) is 12.3. The first-order chi connectivity index (χ1) is 8.30. The standard InChI is InChI=1S/C14H26N2S/c1-17-14(7-2-3-8-14)11-16-9-6-13(10-16)15-12-4-5-12/h12-13,15H,2-11H2,1H3. The minimum Gasteiger partial charge on any atom is -0.310 e. The van der Waals surface area contributed by atoms with E-state index in [1.807, 2.05) is 0 Å². The molecule has 1 unspecified atom stereocenters. The second-order valence-corrected chi connectivity index (χ2v) is 7.53. The lowest BCUT2D eigenvalue weighted by Gasteiger charge is -2.32. The van der Waals surface area contributed by atoms with E-state index in [0.717, 1.165) is 12.1 Å². The molecule has 3 aliphatic rings. The number of hydrogen-bond acceptors (Lipinski definition) is 3. The van der Waals surface area contributed by atoms with Crippen molar-refractivity contribution in [3.05, 3.63) is 0 Å². The average molecular weight is 254 g/mol. The molecular weight excluding hydrogens is 228 g/mol. The van der Waals surface area contributed by atoms with Crippen molar-refractivity contribution < 1.29 is 0 Å². The molecule has 0 bridgehead atoms. The largest absolute Gasteiger partial charge is 0.310 e. The lowest BCUT2D eigenvalue weighted by Crippen LogP contribution is -2.40. The first-order valence-electron chi connectivity index (χ1n) is 7.33. The topological polar surface area (TPSA) is 15.3 Å². The van der Waals surface area contributed by atoms with E-state index in [0.29, 0.717) is 4.75 Å². The summed E-state index contributed by atoms with van der Waals surface area (Å²) in [6.45, 7) is 3.97. The molecule has 1 aliphatic heterocycles. The van der Waals surface area contributed by atoms with Gasteiger partial charge in [-0.25, -0.2) is 0 Å². The molecule has 0 spiro atoms. The van der Waals surface area contributed by atoms with Crippen LogP contribution in [0.1, 0.15) is 44.9 Å². The summed E-state index contributed by atoms with van der Waals surface area (Å²) in [6, 6.07) is 1.67. The van der Waals surface area contributed by atoms with Crippen LogP contribution in [-0.2, 0) is 0 Å². The molecule has 0 amide bonds. The number of hydrogen-bond donors (Lipinski definition) is 1. The van der Waals surface area contributed by atoms with Gasteiger partial charge in [0.05, 0.1) is 0 Å². The minimum absolute atomic E-state index is 0.606. The van der Waals surface area contributed by atoms with Crippen LogP contribution in [0.2, 0.25) is 0 Å². The Morgan fingerprint density at radius 1 is 1.18 bits per heavy atom. The summed E-state index contributed by atoms with van der Waals surface area (Å²) in [7, 11) is 0. The number of nitrogens with zero attached hydrogens (tertiary/aromatic N) is 1. The van der Waals surface area contributed by atoms with Crippen molar-refractivity contribution in [2.24, 2.45) is 0 Å². The van der Waals surface area contributed by atoms with E-state index >= 15 is 0 Å². The van der Waals surface area contributed by atoms with Gasteiger partial charge < -0.3 is 10.2 Å². The lowest BCUT2D eigenvalue weighted by molar-refractivity contribution is 0.290. The van der Waals surface area contributed by atoms with E-state index < -0.39 is 0 Å². The molecule has 98 valence electrons. The molecule has 0 aromatic heterocycles. The highest BCUT2D eigenvalue weighted by Gasteiger charge is 2.37. The summed E-state index contributed by atoms with van der Waals surface area (Å²) < 4.78 is 0.606. The fraction of sp³-hybridized carbons (Fsp3) is 1.00. The van der Waals surface area contributed by atoms with Crippen molar-refractivity contribution in [3.8, 4) is 0 Å². The Morgan fingerprint density at radius 3 is 2.59 bits per heavy atom. The van der Waals surface area contributed by atoms with Crippen LogP contribution in [-0.4, -0.2) is 47.6 Å². The van der Waals surface area contributed by atoms with Gasteiger partial charge in [0, 0.05) is 29.9 Å². The molecular formula is C14H26N2S. The summed E-state index contributed by atoms with van der Waals surface area (Å²) in [5, 5.41) is 3.79. The Morgan fingerprint density at radius 2 is 1.94 bits per heavy atom. The molecule has 2 nitrogen and oxygen atoms in total. The summed E-state index contributed by atoms with van der Waals surface area (Å²) >= 11 is 2.13. The molecule has 0 aromatic carbocycles. The average Bonchev–Trinajstić information content (AvgIpc) is 2.86. The summed E-state index contributed by atoms with van der Waals surface area (Å²) in [5.74, 6) is 0. The van der Waals surface area contributed by atoms with Gasteiger partial charge in [0.15, 0.2) is 0 Å². The van der Waals surface area contributed by atoms with Crippen LogP contribution in [0.4, 0.5) is 0 Å². The highest BCUT2D eigenvalue weighted by atomic mass is 32.2. The van der Waals surface area contributed by atoms with Gasteiger partial charge in [0.25, 0.3) is 0 Å². The Kier molecular flexibility index (Phi) is 3.69. The van der Waals surface area contributed by atoms with Crippen LogP contribution in [0, 0.1) is 0 Å². The Labute approximate surface area is 110 Å². The molecule has 2 aliphatic carbocycles. The molecule has 1 atom stereocenters. The van der Waals surface area contributed by atoms with Crippen molar-refractivity contribution >= 4 is 11.8 Å². The van der Waals surface area contributed by atoms with Crippen molar-refractivity contribution in [2.45, 2.75) is 61.8 Å². The van der Waals surface area contributed by atoms with E-state index in [2.05, 4.69) is 28.2 Å². The zero-order valence-electron chi connectivity index (χ0n) is 11.1. The zero-order chi connectivity index (χ0) is 11.7. The smallest absolute Gasteiger partial charge is 0.0284 e. The Bertz CT molecular complexity index is 259. The van der Waals surface area contributed by atoms with Crippen LogP contribution in [0.15, 0.2) is 0 Å². The van der Waals surface area contributed by atoms with Crippen molar-refractivity contribution in [2.75, 3.05) is 25.9 Å². The van der Waals surface area contributed by atoms with Crippen LogP contribution in [0.25, 0.3) is 0 Å². The number of nitrogens with one attached hydrogen (secondary N) is 1. The number of thioether (sulfide) groups is 1. The molecule has 0 aromatic rings. The highest BCUT2D eigenvalue weighted by Crippen LogP contribution is 2.41. The molecule has 1 saturated heterocycles. The van der Waals surface area contributed by atoms with Gasteiger partial charge in [0.1, 0.15) is 0 Å². The van der Waals surface area contributed by atoms with Crippen LogP contribution >= 0.6 is 11.8 Å². The third-order valence-corrected chi connectivity index (χ3v) is 6.18. The predicted molar refractivity (Wildman–Crippen MR) is 75.7 cm³/mol. The van der Waals surface area contributed by atoms with Gasteiger partial charge in [-0.3, -0.25) is 0 Å². The maximum atomic E-state index is 3.79. The fourth-order valence-corrected chi connectivity index (χ4v) is 4.56. The molecule has 1 N–H and O–H groups in total. The summed E-state index contributed by atoms with van der Waals surface area (Å²) in [5.41, 5.74) is 0. The van der Waals surface area contributed by atoms with E-state index in [4.69, 9.17) is 0 Å². The second kappa shape index (κ2) is 5.10. The lowest BCUT2D eigenvalue weighted by atomic mass is 10.1. The van der Waals surface area contributed by atoms with Gasteiger partial charge in [-0.05, 0) is 44.9 Å². The maximum Gasteiger partial charge on any atom is 0.0284 e. The van der Waals surface area contributed by atoms with E-state index in [9.17, 15) is 0 Å². The van der Waals surface area contributed by atoms with Gasteiger partial charge in [0.2, 0.25) is 0 Å². The predicted octanol–water partition coefficient (Wildman–Crippen LogP) is 2.49. The second-order valence-electron chi connectivity index (χ2n) is 6.26. The van der Waals surface area contributed by atoms with Crippen LogP contribution in [0.5, 0.6) is 0 Å². The Balaban J connectivity index is 1.48. The maximum absolute atomic E-state index is 3.79. The van der Waals surface area contributed by atoms with Gasteiger partial charge in [-0.15, -0.1) is 0 Å². The van der Waals surface area contributed by atoms with Crippen molar-refractivity contribution in [3.63, 3.8) is 0 Å². The third kappa shape index (κ3) is 2.99. The monoisotopic (exact) mass is 254 g/mol. The quantitative estimate of drug-likeness (QED) is 0.811. The molecule has 2 saturated carbocycles. The fourth-order valence-electron chi connectivity index (χ4n) is 3.55. The molecule has 17 heavy (non-hydrogen) atoms. The highest BCUT2D eigenvalue weighted by molar-refractivity contribution is 8.00. The minimum atomic E-state index is 0.606. The zero-order valence-corrected chi connectivity index (χ0v) is 11.9. The van der Waals surface area contributed by atoms with Crippen LogP contribution < -0.4 is 5.32 Å². The van der Waals surface area contributed by atoms with Gasteiger partial charge in [-0.1, -0.05) is 12.8 Å². The molecule has 3 heteroatoms. The summed E-state index contributed by atoms with van der Waals surface area (Å²) in [6.07, 6.45) is 12.4. The Hall–Kier alpha value is 0.270. The van der Waals surface area contributed by atoms with Crippen molar-refractivity contribution in [1.29, 1.82) is 0 Å². The normalized spacial score (nSPS) is 33.4. The summed E-state index contributed by atoms with van der Waals surface area (Å²) in [4.78, 5) is 2.72. The van der Waals surface area contributed by atoms with Gasteiger partial charge >= 0.3 is 0 Å². The molecule has 3 fully saturated rings. The van der Waals surface area contributed by atoms with Crippen molar-refractivity contribution in [1.82, 2.24) is 10.2 Å². The van der Waals surface area contributed by atoms with E-state index in [1.54, 1.807) is 0 Å². The third-order valence-electron chi connectivity index (χ3n) is 4.78.